The normalized spacial score (nSPS) is 17.2. The van der Waals surface area contributed by atoms with Crippen LogP contribution in [-0.4, -0.2) is 44.2 Å². The van der Waals surface area contributed by atoms with Crippen LogP contribution >= 0.6 is 0 Å². The highest BCUT2D eigenvalue weighted by Gasteiger charge is 2.21. The van der Waals surface area contributed by atoms with Gasteiger partial charge in [-0.25, -0.2) is 0 Å². The molecule has 114 valence electrons. The van der Waals surface area contributed by atoms with Crippen molar-refractivity contribution in [3.63, 3.8) is 0 Å². The summed E-state index contributed by atoms with van der Waals surface area (Å²) in [5.74, 6) is 0. The van der Waals surface area contributed by atoms with Gasteiger partial charge < -0.3 is 10.2 Å². The Morgan fingerprint density at radius 3 is 2.33 bits per heavy atom. The third kappa shape index (κ3) is 3.96. The van der Waals surface area contributed by atoms with Crippen LogP contribution in [0.2, 0.25) is 0 Å². The first-order chi connectivity index (χ1) is 10.3. The van der Waals surface area contributed by atoms with Gasteiger partial charge in [-0.2, -0.15) is 5.26 Å². The highest BCUT2D eigenvalue weighted by atomic mass is 15.2. The Balaban J connectivity index is 2.14. The second-order valence-electron chi connectivity index (χ2n) is 5.43. The Hall–Kier alpha value is -1.57. The second kappa shape index (κ2) is 8.02. The van der Waals surface area contributed by atoms with Crippen LogP contribution < -0.4 is 10.2 Å². The van der Waals surface area contributed by atoms with Crippen molar-refractivity contribution in [2.24, 2.45) is 0 Å². The van der Waals surface area contributed by atoms with Crippen molar-refractivity contribution in [2.45, 2.75) is 26.3 Å². The van der Waals surface area contributed by atoms with E-state index < -0.39 is 0 Å². The molecule has 1 heterocycles. The zero-order valence-electron chi connectivity index (χ0n) is 13.2. The number of nitrogens with one attached hydrogen (secondary N) is 1. The van der Waals surface area contributed by atoms with Gasteiger partial charge in [-0.05, 0) is 31.5 Å². The number of nitriles is 1. The summed E-state index contributed by atoms with van der Waals surface area (Å²) in [6, 6.07) is 11.3. The van der Waals surface area contributed by atoms with Crippen LogP contribution in [0.4, 0.5) is 5.69 Å². The summed E-state index contributed by atoms with van der Waals surface area (Å²) < 4.78 is 0. The Morgan fingerprint density at radius 2 is 1.81 bits per heavy atom. The zero-order chi connectivity index (χ0) is 15.1. The number of rotatable bonds is 6. The Kier molecular flexibility index (Phi) is 6.04. The molecule has 1 N–H and O–H groups in total. The molecule has 2 rings (SSSR count). The average molecular weight is 286 g/mol. The highest BCUT2D eigenvalue weighted by molar-refractivity contribution is 5.48. The van der Waals surface area contributed by atoms with Gasteiger partial charge in [-0.15, -0.1) is 0 Å². The van der Waals surface area contributed by atoms with Gasteiger partial charge in [0, 0.05) is 51.0 Å². The van der Waals surface area contributed by atoms with Crippen molar-refractivity contribution in [3.8, 4) is 6.07 Å². The van der Waals surface area contributed by atoms with Crippen molar-refractivity contribution in [3.05, 3.63) is 29.8 Å². The minimum atomic E-state index is 0.225. The van der Waals surface area contributed by atoms with Crippen LogP contribution in [0.3, 0.4) is 0 Å². The summed E-state index contributed by atoms with van der Waals surface area (Å²) in [6.45, 7) is 10.5. The maximum absolute atomic E-state index is 9.15. The Labute approximate surface area is 128 Å². The molecule has 1 aromatic rings. The first kappa shape index (κ1) is 15.8. The lowest BCUT2D eigenvalue weighted by molar-refractivity contribution is 0.175. The molecule has 0 amide bonds. The molecule has 1 fully saturated rings. The molecule has 0 bridgehead atoms. The molecule has 1 aliphatic heterocycles. The van der Waals surface area contributed by atoms with E-state index in [2.05, 4.69) is 59.3 Å². The van der Waals surface area contributed by atoms with Gasteiger partial charge >= 0.3 is 0 Å². The number of benzene rings is 1. The number of nitrogens with zero attached hydrogens (tertiary/aromatic N) is 3. The summed E-state index contributed by atoms with van der Waals surface area (Å²) >= 11 is 0. The molecular weight excluding hydrogens is 260 g/mol. The van der Waals surface area contributed by atoms with E-state index in [1.807, 2.05) is 0 Å². The molecule has 1 atom stereocenters. The van der Waals surface area contributed by atoms with Gasteiger partial charge in [-0.1, -0.05) is 12.1 Å². The SMILES string of the molecule is CCN(CC)c1ccc([C@@H](CC#N)N2CCNCC2)cc1. The van der Waals surface area contributed by atoms with E-state index in [9.17, 15) is 0 Å². The van der Waals surface area contributed by atoms with Gasteiger partial charge in [0.2, 0.25) is 0 Å². The van der Waals surface area contributed by atoms with Crippen molar-refractivity contribution in [1.82, 2.24) is 10.2 Å². The summed E-state index contributed by atoms with van der Waals surface area (Å²) in [6.07, 6.45) is 0.560. The van der Waals surface area contributed by atoms with Gasteiger partial charge in [0.05, 0.1) is 12.5 Å². The Morgan fingerprint density at radius 1 is 1.19 bits per heavy atom. The fourth-order valence-corrected chi connectivity index (χ4v) is 3.03. The molecule has 0 aliphatic carbocycles. The predicted molar refractivity (Wildman–Crippen MR) is 87.4 cm³/mol. The van der Waals surface area contributed by atoms with Crippen molar-refractivity contribution in [2.75, 3.05) is 44.2 Å². The molecule has 0 saturated carbocycles. The number of piperazine rings is 1. The monoisotopic (exact) mass is 286 g/mol. The average Bonchev–Trinajstić information content (AvgIpc) is 2.55. The van der Waals surface area contributed by atoms with E-state index in [4.69, 9.17) is 5.26 Å². The van der Waals surface area contributed by atoms with Crippen LogP contribution in [0, 0.1) is 11.3 Å². The fourth-order valence-electron chi connectivity index (χ4n) is 3.03. The minimum absolute atomic E-state index is 0.225. The zero-order valence-corrected chi connectivity index (χ0v) is 13.2. The van der Waals surface area contributed by atoms with Crippen LogP contribution in [0.1, 0.15) is 31.9 Å². The first-order valence-corrected chi connectivity index (χ1v) is 7.96. The first-order valence-electron chi connectivity index (χ1n) is 7.96. The third-order valence-corrected chi connectivity index (χ3v) is 4.28. The molecule has 4 nitrogen and oxygen atoms in total. The standard InChI is InChI=1S/C17H26N4/c1-3-20(4-2)16-7-5-15(6-8-16)17(9-10-18)21-13-11-19-12-14-21/h5-8,17,19H,3-4,9,11-14H2,1-2H3/t17-/m1/s1. The van der Waals surface area contributed by atoms with Crippen LogP contribution in [0.25, 0.3) is 0 Å². The van der Waals surface area contributed by atoms with E-state index in [1.165, 1.54) is 11.3 Å². The number of hydrogen-bond donors (Lipinski definition) is 1. The minimum Gasteiger partial charge on any atom is -0.372 e. The second-order valence-corrected chi connectivity index (χ2v) is 5.43. The van der Waals surface area contributed by atoms with Crippen molar-refractivity contribution >= 4 is 5.69 Å². The lowest BCUT2D eigenvalue weighted by Crippen LogP contribution is -2.45. The Bertz CT molecular complexity index is 453. The van der Waals surface area contributed by atoms with E-state index in [0.717, 1.165) is 39.3 Å². The van der Waals surface area contributed by atoms with E-state index >= 15 is 0 Å². The molecule has 0 unspecified atom stereocenters. The molecule has 0 radical (unpaired) electrons. The maximum Gasteiger partial charge on any atom is 0.0641 e. The van der Waals surface area contributed by atoms with Gasteiger partial charge in [-0.3, -0.25) is 4.90 Å². The van der Waals surface area contributed by atoms with Crippen molar-refractivity contribution in [1.29, 1.82) is 5.26 Å². The third-order valence-electron chi connectivity index (χ3n) is 4.28. The number of anilines is 1. The largest absolute Gasteiger partial charge is 0.372 e. The summed E-state index contributed by atoms with van der Waals surface area (Å²) in [5, 5.41) is 12.5. The summed E-state index contributed by atoms with van der Waals surface area (Å²) in [4.78, 5) is 4.76. The molecule has 4 heteroatoms. The molecular formula is C17H26N4. The van der Waals surface area contributed by atoms with Gasteiger partial charge in [0.15, 0.2) is 0 Å². The highest BCUT2D eigenvalue weighted by Crippen LogP contribution is 2.26. The smallest absolute Gasteiger partial charge is 0.0641 e. The van der Waals surface area contributed by atoms with Crippen LogP contribution in [0.15, 0.2) is 24.3 Å². The molecule has 21 heavy (non-hydrogen) atoms. The van der Waals surface area contributed by atoms with E-state index in [0.29, 0.717) is 6.42 Å². The van der Waals surface area contributed by atoms with Crippen molar-refractivity contribution < 1.29 is 0 Å². The van der Waals surface area contributed by atoms with E-state index in [1.54, 1.807) is 0 Å². The number of hydrogen-bond acceptors (Lipinski definition) is 4. The van der Waals surface area contributed by atoms with Gasteiger partial charge in [0.25, 0.3) is 0 Å². The summed E-state index contributed by atoms with van der Waals surface area (Å²) in [5.41, 5.74) is 2.52. The quantitative estimate of drug-likeness (QED) is 0.872. The molecule has 1 aliphatic rings. The van der Waals surface area contributed by atoms with Crippen LogP contribution in [0.5, 0.6) is 0 Å². The predicted octanol–water partition coefficient (Wildman–Crippen LogP) is 2.39. The van der Waals surface area contributed by atoms with Crippen LogP contribution in [-0.2, 0) is 0 Å². The summed E-state index contributed by atoms with van der Waals surface area (Å²) in [7, 11) is 0. The lowest BCUT2D eigenvalue weighted by atomic mass is 10.0. The molecule has 1 saturated heterocycles. The molecule has 0 spiro atoms. The van der Waals surface area contributed by atoms with Gasteiger partial charge in [0.1, 0.15) is 0 Å². The molecule has 1 aromatic carbocycles. The molecule has 0 aromatic heterocycles. The fraction of sp³-hybridized carbons (Fsp3) is 0.588. The lowest BCUT2D eigenvalue weighted by Gasteiger charge is -2.34. The topological polar surface area (TPSA) is 42.3 Å². The van der Waals surface area contributed by atoms with E-state index in [-0.39, 0.29) is 6.04 Å². The maximum atomic E-state index is 9.15.